The molecule has 0 radical (unpaired) electrons. The largest absolute Gasteiger partial charge is 0.494 e. The Morgan fingerprint density at radius 2 is 2.00 bits per heavy atom. The molecule has 1 atom stereocenters. The van der Waals surface area contributed by atoms with Gasteiger partial charge in [0, 0.05) is 12.5 Å². The Morgan fingerprint density at radius 1 is 1.33 bits per heavy atom. The van der Waals surface area contributed by atoms with Crippen LogP contribution in [0.4, 0.5) is 0 Å². The van der Waals surface area contributed by atoms with Crippen molar-refractivity contribution in [3.05, 3.63) is 29.8 Å². The summed E-state index contributed by atoms with van der Waals surface area (Å²) in [6.45, 7) is 4.48. The van der Waals surface area contributed by atoms with Crippen molar-refractivity contribution in [3.63, 3.8) is 0 Å². The Bertz CT molecular complexity index is 345. The predicted molar refractivity (Wildman–Crippen MR) is 62.6 cm³/mol. The number of nitrogens with two attached hydrogens (primary N) is 1. The minimum absolute atomic E-state index is 0.00636. The predicted octanol–water partition coefficient (Wildman–Crippen LogP) is 2.50. The van der Waals surface area contributed by atoms with E-state index in [4.69, 9.17) is 10.5 Å². The summed E-state index contributed by atoms with van der Waals surface area (Å²) in [4.78, 5) is 0. The van der Waals surface area contributed by atoms with Crippen molar-refractivity contribution in [1.82, 2.24) is 0 Å². The van der Waals surface area contributed by atoms with Crippen LogP contribution in [0, 0.1) is 11.8 Å². The van der Waals surface area contributed by atoms with Gasteiger partial charge in [0.15, 0.2) is 0 Å². The minimum Gasteiger partial charge on any atom is -0.494 e. The second-order valence-corrected chi connectivity index (χ2v) is 3.24. The summed E-state index contributed by atoms with van der Waals surface area (Å²) in [5.74, 6) is 6.71. The molecule has 0 amide bonds. The number of ether oxygens (including phenoxy) is 1. The summed E-state index contributed by atoms with van der Waals surface area (Å²) in [6, 6.07) is 7.86. The molecule has 0 aromatic heterocycles. The lowest BCUT2D eigenvalue weighted by Crippen LogP contribution is -2.09. The number of benzene rings is 1. The topological polar surface area (TPSA) is 35.2 Å². The number of hydrogen-bond acceptors (Lipinski definition) is 2. The molecule has 15 heavy (non-hydrogen) atoms. The highest BCUT2D eigenvalue weighted by Crippen LogP contribution is 2.18. The van der Waals surface area contributed by atoms with Crippen LogP contribution in [0.25, 0.3) is 0 Å². The minimum atomic E-state index is -0.00636. The fourth-order valence-corrected chi connectivity index (χ4v) is 1.31. The molecule has 1 aromatic rings. The van der Waals surface area contributed by atoms with Gasteiger partial charge < -0.3 is 10.5 Å². The van der Waals surface area contributed by atoms with Gasteiger partial charge in [-0.25, -0.2) is 0 Å². The molecule has 0 bridgehead atoms. The SMILES string of the molecule is CC#CCC(N)c1ccc(OCC)cc1. The second kappa shape index (κ2) is 6.10. The summed E-state index contributed by atoms with van der Waals surface area (Å²) in [5.41, 5.74) is 7.06. The first-order chi connectivity index (χ1) is 7.27. The molecule has 2 heteroatoms. The van der Waals surface area contributed by atoms with E-state index >= 15 is 0 Å². The van der Waals surface area contributed by atoms with Crippen molar-refractivity contribution < 1.29 is 4.74 Å². The lowest BCUT2D eigenvalue weighted by molar-refractivity contribution is 0.340. The first kappa shape index (κ1) is 11.6. The monoisotopic (exact) mass is 203 g/mol. The molecule has 0 aliphatic rings. The van der Waals surface area contributed by atoms with Gasteiger partial charge in [0.25, 0.3) is 0 Å². The van der Waals surface area contributed by atoms with Crippen LogP contribution in [-0.2, 0) is 0 Å². The fraction of sp³-hybridized carbons (Fsp3) is 0.385. The van der Waals surface area contributed by atoms with Crippen LogP contribution in [0.15, 0.2) is 24.3 Å². The summed E-state index contributed by atoms with van der Waals surface area (Å²) in [6.07, 6.45) is 0.699. The Kier molecular flexibility index (Phi) is 4.73. The number of hydrogen-bond donors (Lipinski definition) is 1. The maximum absolute atomic E-state index is 5.96. The van der Waals surface area contributed by atoms with E-state index in [0.717, 1.165) is 11.3 Å². The quantitative estimate of drug-likeness (QED) is 0.763. The maximum atomic E-state index is 5.96. The van der Waals surface area contributed by atoms with Gasteiger partial charge in [0.05, 0.1) is 6.61 Å². The lowest BCUT2D eigenvalue weighted by Gasteiger charge is -2.09. The van der Waals surface area contributed by atoms with Crippen LogP contribution in [0.1, 0.15) is 31.9 Å². The van der Waals surface area contributed by atoms with E-state index < -0.39 is 0 Å². The van der Waals surface area contributed by atoms with Crippen molar-refractivity contribution in [2.24, 2.45) is 5.73 Å². The molecule has 2 nitrogen and oxygen atoms in total. The van der Waals surface area contributed by atoms with Crippen molar-refractivity contribution >= 4 is 0 Å². The van der Waals surface area contributed by atoms with E-state index in [1.165, 1.54) is 0 Å². The van der Waals surface area contributed by atoms with E-state index in [2.05, 4.69) is 11.8 Å². The molecule has 1 aromatic carbocycles. The summed E-state index contributed by atoms with van der Waals surface area (Å²) in [5, 5.41) is 0. The standard InChI is InChI=1S/C13H17NO/c1-3-5-6-13(14)11-7-9-12(10-8-11)15-4-2/h7-10,13H,4,6,14H2,1-2H3. The van der Waals surface area contributed by atoms with Crippen LogP contribution in [0.5, 0.6) is 5.75 Å². The number of rotatable bonds is 4. The van der Waals surface area contributed by atoms with Crippen molar-refractivity contribution in [3.8, 4) is 17.6 Å². The zero-order valence-corrected chi connectivity index (χ0v) is 9.29. The molecule has 2 N–H and O–H groups in total. The Labute approximate surface area is 91.4 Å². The maximum Gasteiger partial charge on any atom is 0.119 e. The van der Waals surface area contributed by atoms with Gasteiger partial charge in [0.1, 0.15) is 5.75 Å². The molecule has 0 saturated heterocycles. The van der Waals surface area contributed by atoms with Crippen molar-refractivity contribution in [2.45, 2.75) is 26.3 Å². The molecule has 0 saturated carbocycles. The summed E-state index contributed by atoms with van der Waals surface area (Å²) < 4.78 is 5.35. The van der Waals surface area contributed by atoms with Crippen molar-refractivity contribution in [1.29, 1.82) is 0 Å². The van der Waals surface area contributed by atoms with Gasteiger partial charge in [-0.05, 0) is 31.5 Å². The average molecular weight is 203 g/mol. The first-order valence-electron chi connectivity index (χ1n) is 5.16. The van der Waals surface area contributed by atoms with E-state index in [0.29, 0.717) is 13.0 Å². The molecule has 1 unspecified atom stereocenters. The molecular formula is C13H17NO. The van der Waals surface area contributed by atoms with Crippen LogP contribution >= 0.6 is 0 Å². The van der Waals surface area contributed by atoms with Gasteiger partial charge in [0.2, 0.25) is 0 Å². The van der Waals surface area contributed by atoms with Gasteiger partial charge in [-0.3, -0.25) is 0 Å². The molecular weight excluding hydrogens is 186 g/mol. The third-order valence-corrected chi connectivity index (χ3v) is 2.12. The molecule has 0 spiro atoms. The van der Waals surface area contributed by atoms with Crippen molar-refractivity contribution in [2.75, 3.05) is 6.61 Å². The van der Waals surface area contributed by atoms with E-state index in [9.17, 15) is 0 Å². The Morgan fingerprint density at radius 3 is 2.53 bits per heavy atom. The normalized spacial score (nSPS) is 11.4. The van der Waals surface area contributed by atoms with Gasteiger partial charge in [-0.15, -0.1) is 11.8 Å². The Hall–Kier alpha value is -1.46. The van der Waals surface area contributed by atoms with Gasteiger partial charge in [-0.2, -0.15) is 0 Å². The third kappa shape index (κ3) is 3.65. The van der Waals surface area contributed by atoms with Gasteiger partial charge >= 0.3 is 0 Å². The summed E-state index contributed by atoms with van der Waals surface area (Å²) in [7, 11) is 0. The van der Waals surface area contributed by atoms with E-state index in [1.807, 2.05) is 38.1 Å². The van der Waals surface area contributed by atoms with Crippen LogP contribution in [-0.4, -0.2) is 6.61 Å². The molecule has 0 heterocycles. The molecule has 0 aliphatic carbocycles. The highest BCUT2D eigenvalue weighted by molar-refractivity contribution is 5.29. The molecule has 0 fully saturated rings. The van der Waals surface area contributed by atoms with Crippen LogP contribution in [0.3, 0.4) is 0 Å². The zero-order chi connectivity index (χ0) is 11.1. The molecule has 1 rings (SSSR count). The summed E-state index contributed by atoms with van der Waals surface area (Å²) >= 11 is 0. The third-order valence-electron chi connectivity index (χ3n) is 2.12. The smallest absolute Gasteiger partial charge is 0.119 e. The van der Waals surface area contributed by atoms with Gasteiger partial charge in [-0.1, -0.05) is 12.1 Å². The van der Waals surface area contributed by atoms with E-state index in [1.54, 1.807) is 0 Å². The average Bonchev–Trinajstić information content (AvgIpc) is 2.27. The van der Waals surface area contributed by atoms with Crippen LogP contribution < -0.4 is 10.5 Å². The fourth-order valence-electron chi connectivity index (χ4n) is 1.31. The second-order valence-electron chi connectivity index (χ2n) is 3.24. The van der Waals surface area contributed by atoms with E-state index in [-0.39, 0.29) is 6.04 Å². The van der Waals surface area contributed by atoms with Crippen LogP contribution in [0.2, 0.25) is 0 Å². The highest BCUT2D eigenvalue weighted by Gasteiger charge is 2.03. The Balaban J connectivity index is 2.64. The first-order valence-corrected chi connectivity index (χ1v) is 5.16. The lowest BCUT2D eigenvalue weighted by atomic mass is 10.1. The molecule has 80 valence electrons. The zero-order valence-electron chi connectivity index (χ0n) is 9.29. The molecule has 0 aliphatic heterocycles. The highest BCUT2D eigenvalue weighted by atomic mass is 16.5.